The maximum Gasteiger partial charge on any atom is 0.131 e. The topological polar surface area (TPSA) is 50.9 Å². The van der Waals surface area contributed by atoms with Crippen molar-refractivity contribution < 1.29 is 0 Å². The maximum atomic E-state index is 5.77. The summed E-state index contributed by atoms with van der Waals surface area (Å²) in [5, 5.41) is 4.40. The number of aromatic nitrogens is 1. The summed E-state index contributed by atoms with van der Waals surface area (Å²) in [5.41, 5.74) is 9.85. The second-order valence-electron chi connectivity index (χ2n) is 4.83. The van der Waals surface area contributed by atoms with Gasteiger partial charge in [0, 0.05) is 16.8 Å². The SMILES string of the molecule is CCc1cccc(Nc2ccc3cc(N)ccc3n2)c1. The predicted octanol–water partition coefficient (Wildman–Crippen LogP) is 4.12. The van der Waals surface area contributed by atoms with E-state index in [0.717, 1.165) is 34.5 Å². The number of nitrogens with two attached hydrogens (primary N) is 1. The van der Waals surface area contributed by atoms with Crippen molar-refractivity contribution in [3.8, 4) is 0 Å². The molecule has 3 rings (SSSR count). The van der Waals surface area contributed by atoms with E-state index in [1.54, 1.807) is 0 Å². The number of fused-ring (bicyclic) bond motifs is 1. The lowest BCUT2D eigenvalue weighted by molar-refractivity contribution is 1.14. The Labute approximate surface area is 118 Å². The first-order valence-electron chi connectivity index (χ1n) is 6.77. The van der Waals surface area contributed by atoms with Gasteiger partial charge in [0.15, 0.2) is 0 Å². The molecule has 0 spiro atoms. The number of anilines is 3. The third-order valence-electron chi connectivity index (χ3n) is 3.32. The first-order valence-corrected chi connectivity index (χ1v) is 6.77. The van der Waals surface area contributed by atoms with Gasteiger partial charge in [-0.2, -0.15) is 0 Å². The molecule has 0 bridgehead atoms. The Bertz CT molecular complexity index is 750. The molecular weight excluding hydrogens is 246 g/mol. The normalized spacial score (nSPS) is 10.7. The molecule has 0 radical (unpaired) electrons. The number of hydrogen-bond donors (Lipinski definition) is 2. The largest absolute Gasteiger partial charge is 0.399 e. The van der Waals surface area contributed by atoms with Crippen molar-refractivity contribution in [3.63, 3.8) is 0 Å². The zero-order valence-electron chi connectivity index (χ0n) is 11.4. The van der Waals surface area contributed by atoms with Gasteiger partial charge in [0.1, 0.15) is 5.82 Å². The number of benzene rings is 2. The fourth-order valence-corrected chi connectivity index (χ4v) is 2.23. The predicted molar refractivity (Wildman–Crippen MR) is 85.3 cm³/mol. The van der Waals surface area contributed by atoms with Crippen molar-refractivity contribution in [1.82, 2.24) is 4.98 Å². The van der Waals surface area contributed by atoms with Gasteiger partial charge in [-0.1, -0.05) is 19.1 Å². The van der Waals surface area contributed by atoms with E-state index >= 15 is 0 Å². The molecule has 3 nitrogen and oxygen atoms in total. The van der Waals surface area contributed by atoms with Crippen LogP contribution in [0.4, 0.5) is 17.2 Å². The van der Waals surface area contributed by atoms with E-state index in [-0.39, 0.29) is 0 Å². The molecule has 1 heterocycles. The van der Waals surface area contributed by atoms with Crippen LogP contribution in [0, 0.1) is 0 Å². The lowest BCUT2D eigenvalue weighted by Crippen LogP contribution is -1.95. The molecule has 3 heteroatoms. The second kappa shape index (κ2) is 5.21. The minimum absolute atomic E-state index is 0.760. The van der Waals surface area contributed by atoms with Crippen LogP contribution in [0.2, 0.25) is 0 Å². The summed E-state index contributed by atoms with van der Waals surface area (Å²) in [6.45, 7) is 2.15. The van der Waals surface area contributed by atoms with Gasteiger partial charge < -0.3 is 11.1 Å². The van der Waals surface area contributed by atoms with E-state index in [1.807, 2.05) is 36.4 Å². The summed E-state index contributed by atoms with van der Waals surface area (Å²) in [6.07, 6.45) is 1.03. The lowest BCUT2D eigenvalue weighted by Gasteiger charge is -2.08. The van der Waals surface area contributed by atoms with Crippen molar-refractivity contribution in [2.24, 2.45) is 0 Å². The summed E-state index contributed by atoms with van der Waals surface area (Å²) in [6, 6.07) is 18.1. The molecule has 0 aliphatic carbocycles. The molecule has 2 aromatic carbocycles. The molecule has 0 atom stereocenters. The Morgan fingerprint density at radius 3 is 2.80 bits per heavy atom. The van der Waals surface area contributed by atoms with Gasteiger partial charge >= 0.3 is 0 Å². The van der Waals surface area contributed by atoms with Gasteiger partial charge in [0.05, 0.1) is 5.52 Å². The summed E-state index contributed by atoms with van der Waals surface area (Å²) in [5.74, 6) is 0.843. The Morgan fingerprint density at radius 2 is 1.95 bits per heavy atom. The van der Waals surface area contributed by atoms with Crippen molar-refractivity contribution >= 4 is 28.1 Å². The molecule has 0 amide bonds. The average Bonchev–Trinajstić information content (AvgIpc) is 2.47. The summed E-state index contributed by atoms with van der Waals surface area (Å²) in [4.78, 5) is 4.60. The number of hydrogen-bond acceptors (Lipinski definition) is 3. The van der Waals surface area contributed by atoms with Gasteiger partial charge in [0.2, 0.25) is 0 Å². The van der Waals surface area contributed by atoms with Crippen molar-refractivity contribution in [3.05, 3.63) is 60.2 Å². The van der Waals surface area contributed by atoms with Gasteiger partial charge in [-0.05, 0) is 54.4 Å². The molecule has 100 valence electrons. The fourth-order valence-electron chi connectivity index (χ4n) is 2.23. The minimum atomic E-state index is 0.760. The zero-order valence-corrected chi connectivity index (χ0v) is 11.4. The van der Waals surface area contributed by atoms with Crippen LogP contribution in [0.25, 0.3) is 10.9 Å². The van der Waals surface area contributed by atoms with Crippen LogP contribution in [0.15, 0.2) is 54.6 Å². The summed E-state index contributed by atoms with van der Waals surface area (Å²) < 4.78 is 0. The third kappa shape index (κ3) is 2.57. The molecular formula is C17H17N3. The van der Waals surface area contributed by atoms with E-state index < -0.39 is 0 Å². The molecule has 0 unspecified atom stereocenters. The number of aryl methyl sites for hydroxylation is 1. The molecule has 20 heavy (non-hydrogen) atoms. The van der Waals surface area contributed by atoms with Gasteiger partial charge in [0.25, 0.3) is 0 Å². The summed E-state index contributed by atoms with van der Waals surface area (Å²) >= 11 is 0. The van der Waals surface area contributed by atoms with Crippen molar-refractivity contribution in [1.29, 1.82) is 0 Å². The first kappa shape index (κ1) is 12.5. The van der Waals surface area contributed by atoms with Crippen LogP contribution in [-0.2, 0) is 6.42 Å². The van der Waals surface area contributed by atoms with Crippen LogP contribution in [0.3, 0.4) is 0 Å². The Hall–Kier alpha value is -2.55. The molecule has 3 N–H and O–H groups in total. The van der Waals surface area contributed by atoms with E-state index in [0.29, 0.717) is 0 Å². The Balaban J connectivity index is 1.92. The average molecular weight is 263 g/mol. The minimum Gasteiger partial charge on any atom is -0.399 e. The molecule has 0 saturated heterocycles. The lowest BCUT2D eigenvalue weighted by atomic mass is 10.1. The van der Waals surface area contributed by atoms with Crippen LogP contribution < -0.4 is 11.1 Å². The monoisotopic (exact) mass is 263 g/mol. The number of rotatable bonds is 3. The van der Waals surface area contributed by atoms with E-state index in [4.69, 9.17) is 5.73 Å². The highest BCUT2D eigenvalue weighted by Crippen LogP contribution is 2.21. The van der Waals surface area contributed by atoms with E-state index in [9.17, 15) is 0 Å². The highest BCUT2D eigenvalue weighted by Gasteiger charge is 2.00. The van der Waals surface area contributed by atoms with Gasteiger partial charge in [-0.3, -0.25) is 0 Å². The second-order valence-corrected chi connectivity index (χ2v) is 4.83. The Kier molecular flexibility index (Phi) is 3.25. The molecule has 3 aromatic rings. The molecule has 0 saturated carbocycles. The quantitative estimate of drug-likeness (QED) is 0.699. The first-order chi connectivity index (χ1) is 9.74. The van der Waals surface area contributed by atoms with Crippen LogP contribution in [0.5, 0.6) is 0 Å². The van der Waals surface area contributed by atoms with Gasteiger partial charge in [-0.25, -0.2) is 4.98 Å². The zero-order chi connectivity index (χ0) is 13.9. The molecule has 1 aromatic heterocycles. The van der Waals surface area contributed by atoms with E-state index in [1.165, 1.54) is 5.56 Å². The van der Waals surface area contributed by atoms with E-state index in [2.05, 4.69) is 35.4 Å². The summed E-state index contributed by atoms with van der Waals surface area (Å²) in [7, 11) is 0. The van der Waals surface area contributed by atoms with Crippen LogP contribution >= 0.6 is 0 Å². The smallest absolute Gasteiger partial charge is 0.131 e. The van der Waals surface area contributed by atoms with Crippen LogP contribution in [0.1, 0.15) is 12.5 Å². The maximum absolute atomic E-state index is 5.77. The van der Waals surface area contributed by atoms with Crippen molar-refractivity contribution in [2.75, 3.05) is 11.1 Å². The number of nitrogens with one attached hydrogen (secondary N) is 1. The van der Waals surface area contributed by atoms with Gasteiger partial charge in [-0.15, -0.1) is 0 Å². The molecule has 0 aliphatic heterocycles. The number of nitrogen functional groups attached to an aromatic ring is 1. The highest BCUT2D eigenvalue weighted by atomic mass is 15.0. The third-order valence-corrected chi connectivity index (χ3v) is 3.32. The standard InChI is InChI=1S/C17H17N3/c1-2-12-4-3-5-15(10-12)19-17-9-6-13-11-14(18)7-8-16(13)20-17/h3-11H,2,18H2,1H3,(H,19,20). The number of pyridine rings is 1. The van der Waals surface area contributed by atoms with Crippen molar-refractivity contribution in [2.45, 2.75) is 13.3 Å². The Morgan fingerprint density at radius 1 is 1.05 bits per heavy atom. The fraction of sp³-hybridized carbons (Fsp3) is 0.118. The van der Waals surface area contributed by atoms with Crippen LogP contribution in [-0.4, -0.2) is 4.98 Å². The number of nitrogens with zero attached hydrogens (tertiary/aromatic N) is 1. The molecule has 0 fully saturated rings. The highest BCUT2D eigenvalue weighted by molar-refractivity contribution is 5.83. The molecule has 0 aliphatic rings.